The molecule has 0 saturated heterocycles. The third-order valence-corrected chi connectivity index (χ3v) is 3.14. The zero-order chi connectivity index (χ0) is 13.5. The van der Waals surface area contributed by atoms with Crippen LogP contribution in [0.5, 0.6) is 0 Å². The van der Waals surface area contributed by atoms with Gasteiger partial charge in [-0.15, -0.1) is 0 Å². The van der Waals surface area contributed by atoms with E-state index in [1.165, 1.54) is 7.11 Å². The molecule has 1 aromatic carbocycles. The molecule has 1 aromatic rings. The molecule has 2 atom stereocenters. The molecule has 0 amide bonds. The highest BCUT2D eigenvalue weighted by atomic mass is 16.5. The first-order chi connectivity index (χ1) is 8.60. The third kappa shape index (κ3) is 3.84. The largest absolute Gasteiger partial charge is 0.469 e. The molecule has 1 N–H and O–H groups in total. The van der Waals surface area contributed by atoms with Crippen LogP contribution in [0.15, 0.2) is 24.3 Å². The molecule has 1 rings (SSSR count). The van der Waals surface area contributed by atoms with E-state index in [1.54, 1.807) is 0 Å². The molecule has 0 spiro atoms. The van der Waals surface area contributed by atoms with Gasteiger partial charge >= 0.3 is 5.97 Å². The molecule has 0 aromatic heterocycles. The zero-order valence-corrected chi connectivity index (χ0v) is 11.3. The fraction of sp³-hybridized carbons (Fsp3) is 0.533. The number of carbonyl (C=O) groups excluding carboxylic acids is 1. The monoisotopic (exact) mass is 250 g/mol. The number of aliphatic hydroxyl groups excluding tert-OH is 1. The lowest BCUT2D eigenvalue weighted by Crippen LogP contribution is -2.23. The molecule has 18 heavy (non-hydrogen) atoms. The van der Waals surface area contributed by atoms with Gasteiger partial charge in [-0.2, -0.15) is 0 Å². The fourth-order valence-electron chi connectivity index (χ4n) is 2.07. The van der Waals surface area contributed by atoms with E-state index in [0.717, 1.165) is 24.0 Å². The Labute approximate surface area is 109 Å². The van der Waals surface area contributed by atoms with E-state index in [0.29, 0.717) is 6.42 Å². The molecular formula is C15H22O3. The Kier molecular flexibility index (Phi) is 5.86. The molecule has 0 aliphatic rings. The summed E-state index contributed by atoms with van der Waals surface area (Å²) in [5.41, 5.74) is 1.85. The number of hydrogen-bond donors (Lipinski definition) is 1. The predicted octanol–water partition coefficient (Wildman–Crippen LogP) is 3.01. The normalized spacial score (nSPS) is 14.0. The van der Waals surface area contributed by atoms with Crippen LogP contribution < -0.4 is 0 Å². The number of ether oxygens (including phenoxy) is 1. The van der Waals surface area contributed by atoms with E-state index in [9.17, 15) is 9.90 Å². The second-order valence-electron chi connectivity index (χ2n) is 4.63. The molecule has 0 saturated carbocycles. The van der Waals surface area contributed by atoms with Crippen LogP contribution in [0, 0.1) is 12.8 Å². The highest BCUT2D eigenvalue weighted by Gasteiger charge is 2.28. The first-order valence-electron chi connectivity index (χ1n) is 6.42. The summed E-state index contributed by atoms with van der Waals surface area (Å²) in [6.07, 6.45) is 1.76. The maximum absolute atomic E-state index is 11.7. The average Bonchev–Trinajstić information content (AvgIpc) is 2.38. The number of aliphatic hydroxyl groups is 1. The molecular weight excluding hydrogens is 228 g/mol. The lowest BCUT2D eigenvalue weighted by Gasteiger charge is -2.21. The summed E-state index contributed by atoms with van der Waals surface area (Å²) in [4.78, 5) is 11.7. The Morgan fingerprint density at radius 3 is 2.72 bits per heavy atom. The van der Waals surface area contributed by atoms with Crippen molar-refractivity contribution >= 4 is 5.97 Å². The molecule has 0 heterocycles. The number of rotatable bonds is 6. The zero-order valence-electron chi connectivity index (χ0n) is 11.3. The Morgan fingerprint density at radius 2 is 2.17 bits per heavy atom. The average molecular weight is 250 g/mol. The summed E-state index contributed by atoms with van der Waals surface area (Å²) < 4.78 is 4.78. The maximum Gasteiger partial charge on any atom is 0.311 e. The number of aryl methyl sites for hydroxylation is 1. The minimum Gasteiger partial charge on any atom is -0.469 e. The molecule has 100 valence electrons. The van der Waals surface area contributed by atoms with Crippen LogP contribution in [0.4, 0.5) is 0 Å². The van der Waals surface area contributed by atoms with Crippen LogP contribution in [-0.2, 0) is 9.53 Å². The van der Waals surface area contributed by atoms with Gasteiger partial charge in [0.2, 0.25) is 0 Å². The van der Waals surface area contributed by atoms with Gasteiger partial charge in [-0.25, -0.2) is 0 Å². The van der Waals surface area contributed by atoms with E-state index in [-0.39, 0.29) is 5.97 Å². The minimum absolute atomic E-state index is 0.336. The van der Waals surface area contributed by atoms with E-state index in [1.807, 2.05) is 31.2 Å². The third-order valence-electron chi connectivity index (χ3n) is 3.14. The van der Waals surface area contributed by atoms with Gasteiger partial charge in [0.15, 0.2) is 0 Å². The molecule has 3 nitrogen and oxygen atoms in total. The fourth-order valence-corrected chi connectivity index (χ4v) is 2.07. The molecule has 0 bridgehead atoms. The maximum atomic E-state index is 11.7. The topological polar surface area (TPSA) is 46.5 Å². The van der Waals surface area contributed by atoms with E-state index < -0.39 is 12.0 Å². The molecule has 3 heteroatoms. The van der Waals surface area contributed by atoms with Gasteiger partial charge in [0, 0.05) is 0 Å². The van der Waals surface area contributed by atoms with Crippen molar-refractivity contribution in [1.29, 1.82) is 0 Å². The second-order valence-corrected chi connectivity index (χ2v) is 4.63. The minimum atomic E-state index is -0.788. The number of methoxy groups -OCH3 is 1. The van der Waals surface area contributed by atoms with Crippen LogP contribution in [0.1, 0.15) is 43.4 Å². The second kappa shape index (κ2) is 7.17. The highest BCUT2D eigenvalue weighted by Crippen LogP contribution is 2.27. The van der Waals surface area contributed by atoms with Crippen LogP contribution >= 0.6 is 0 Å². The van der Waals surface area contributed by atoms with Gasteiger partial charge in [-0.05, 0) is 18.9 Å². The number of unbranched alkanes of at least 4 members (excludes halogenated alkanes) is 1. The molecule has 0 aliphatic carbocycles. The van der Waals surface area contributed by atoms with Crippen molar-refractivity contribution in [2.24, 2.45) is 5.92 Å². The van der Waals surface area contributed by atoms with Gasteiger partial charge < -0.3 is 9.84 Å². The molecule has 0 fully saturated rings. The van der Waals surface area contributed by atoms with Crippen LogP contribution in [-0.4, -0.2) is 18.2 Å². The van der Waals surface area contributed by atoms with Crippen molar-refractivity contribution in [2.75, 3.05) is 7.11 Å². The summed E-state index contributed by atoms with van der Waals surface area (Å²) in [7, 11) is 1.37. The summed E-state index contributed by atoms with van der Waals surface area (Å²) in [5.74, 6) is -0.811. The van der Waals surface area contributed by atoms with Crippen LogP contribution in [0.2, 0.25) is 0 Å². The summed E-state index contributed by atoms with van der Waals surface area (Å²) in [5, 5.41) is 10.3. The molecule has 0 radical (unpaired) electrons. The summed E-state index contributed by atoms with van der Waals surface area (Å²) >= 11 is 0. The SMILES string of the molecule is CCCCC(C(=O)OC)C(O)c1cccc(C)c1. The summed E-state index contributed by atoms with van der Waals surface area (Å²) in [6, 6.07) is 7.61. The van der Waals surface area contributed by atoms with Gasteiger partial charge in [0.05, 0.1) is 19.1 Å². The Balaban J connectivity index is 2.87. The first kappa shape index (κ1) is 14.7. The lowest BCUT2D eigenvalue weighted by molar-refractivity contribution is -0.150. The van der Waals surface area contributed by atoms with Gasteiger partial charge in [-0.3, -0.25) is 4.79 Å². The van der Waals surface area contributed by atoms with E-state index >= 15 is 0 Å². The number of benzene rings is 1. The first-order valence-corrected chi connectivity index (χ1v) is 6.42. The van der Waals surface area contributed by atoms with Crippen molar-refractivity contribution in [3.8, 4) is 0 Å². The van der Waals surface area contributed by atoms with Crippen LogP contribution in [0.25, 0.3) is 0 Å². The summed E-state index contributed by atoms with van der Waals surface area (Å²) in [6.45, 7) is 4.03. The Bertz CT molecular complexity index is 387. The number of esters is 1. The Hall–Kier alpha value is -1.35. The number of carbonyl (C=O) groups is 1. The molecule has 2 unspecified atom stereocenters. The predicted molar refractivity (Wildman–Crippen MR) is 71.2 cm³/mol. The highest BCUT2D eigenvalue weighted by molar-refractivity contribution is 5.73. The Morgan fingerprint density at radius 1 is 1.44 bits per heavy atom. The van der Waals surface area contributed by atoms with Crippen molar-refractivity contribution in [3.05, 3.63) is 35.4 Å². The number of hydrogen-bond acceptors (Lipinski definition) is 3. The lowest BCUT2D eigenvalue weighted by atomic mass is 9.90. The van der Waals surface area contributed by atoms with Crippen LogP contribution in [0.3, 0.4) is 0 Å². The van der Waals surface area contributed by atoms with Gasteiger partial charge in [-0.1, -0.05) is 49.6 Å². The van der Waals surface area contributed by atoms with Crippen molar-refractivity contribution in [1.82, 2.24) is 0 Å². The standard InChI is InChI=1S/C15H22O3/c1-4-5-9-13(15(17)18-3)14(16)12-8-6-7-11(2)10-12/h6-8,10,13-14,16H,4-5,9H2,1-3H3. The van der Waals surface area contributed by atoms with Crippen molar-refractivity contribution < 1.29 is 14.6 Å². The smallest absolute Gasteiger partial charge is 0.311 e. The van der Waals surface area contributed by atoms with E-state index in [2.05, 4.69) is 6.92 Å². The van der Waals surface area contributed by atoms with Gasteiger partial charge in [0.1, 0.15) is 0 Å². The molecule has 0 aliphatic heterocycles. The quantitative estimate of drug-likeness (QED) is 0.789. The van der Waals surface area contributed by atoms with E-state index in [4.69, 9.17) is 4.74 Å². The van der Waals surface area contributed by atoms with Crippen molar-refractivity contribution in [2.45, 2.75) is 39.2 Å². The van der Waals surface area contributed by atoms with Crippen molar-refractivity contribution in [3.63, 3.8) is 0 Å². The van der Waals surface area contributed by atoms with Gasteiger partial charge in [0.25, 0.3) is 0 Å².